The number of aliphatic hydroxyl groups is 1. The van der Waals surface area contributed by atoms with E-state index in [1.807, 2.05) is 0 Å². The molecule has 2 aliphatic heterocycles. The summed E-state index contributed by atoms with van der Waals surface area (Å²) in [4.78, 5) is 2.65. The van der Waals surface area contributed by atoms with E-state index in [-0.39, 0.29) is 17.8 Å². The topological polar surface area (TPSA) is 23.5 Å². The van der Waals surface area contributed by atoms with Gasteiger partial charge in [-0.25, -0.2) is 0 Å². The summed E-state index contributed by atoms with van der Waals surface area (Å²) in [5.41, 5.74) is 6.94. The van der Waals surface area contributed by atoms with E-state index >= 15 is 0 Å². The van der Waals surface area contributed by atoms with Gasteiger partial charge in [-0.15, -0.1) is 0 Å². The van der Waals surface area contributed by atoms with Crippen molar-refractivity contribution in [2.45, 2.75) is 64.0 Å². The van der Waals surface area contributed by atoms with Gasteiger partial charge in [-0.3, -0.25) is 4.90 Å². The van der Waals surface area contributed by atoms with E-state index in [0.717, 1.165) is 38.8 Å². The standard InChI is InChI=1S/C25H31NO.ClH/c1-24(2,3)25(27)13-14-26-16-21-19-9-5-4-7-17(19)11-12-18-8-6-10-20(23(18)21)22(26)15-25;/h4-10,21-22,27H,11-16H2,1-3H3;1H/p-1/t21-,22-,25-;/m0./s1. The molecule has 28 heavy (non-hydrogen) atoms. The number of piperidine rings is 1. The first-order chi connectivity index (χ1) is 12.9. The monoisotopic (exact) mass is 396 g/mol. The molecule has 5 rings (SSSR count). The summed E-state index contributed by atoms with van der Waals surface area (Å²) in [7, 11) is 0. The lowest BCUT2D eigenvalue weighted by molar-refractivity contribution is -0.119. The van der Waals surface area contributed by atoms with E-state index in [4.69, 9.17) is 0 Å². The van der Waals surface area contributed by atoms with Crippen LogP contribution in [-0.4, -0.2) is 28.7 Å². The molecular formula is C25H31ClNO-. The zero-order valence-corrected chi connectivity index (χ0v) is 18.0. The van der Waals surface area contributed by atoms with Gasteiger partial charge >= 0.3 is 0 Å². The molecule has 0 amide bonds. The third-order valence-electron chi connectivity index (χ3n) is 7.63. The molecule has 1 saturated heterocycles. The van der Waals surface area contributed by atoms with Crippen molar-refractivity contribution in [3.05, 3.63) is 70.3 Å². The molecule has 2 aromatic carbocycles. The molecule has 0 radical (unpaired) electrons. The van der Waals surface area contributed by atoms with Gasteiger partial charge in [0.25, 0.3) is 0 Å². The smallest absolute Gasteiger partial charge is 0.0726 e. The van der Waals surface area contributed by atoms with Gasteiger partial charge in [-0.05, 0) is 58.9 Å². The van der Waals surface area contributed by atoms with Gasteiger partial charge in [0.1, 0.15) is 0 Å². The van der Waals surface area contributed by atoms with Gasteiger partial charge in [0, 0.05) is 25.0 Å². The molecule has 1 fully saturated rings. The van der Waals surface area contributed by atoms with Crippen LogP contribution in [0.25, 0.3) is 0 Å². The molecule has 150 valence electrons. The summed E-state index contributed by atoms with van der Waals surface area (Å²) >= 11 is 0. The predicted molar refractivity (Wildman–Crippen MR) is 110 cm³/mol. The van der Waals surface area contributed by atoms with E-state index in [0.29, 0.717) is 12.0 Å². The number of halogens is 1. The number of hydrogen-bond donors (Lipinski definition) is 1. The predicted octanol–water partition coefficient (Wildman–Crippen LogP) is 1.85. The van der Waals surface area contributed by atoms with Crippen molar-refractivity contribution in [1.29, 1.82) is 0 Å². The molecule has 0 bridgehead atoms. The maximum atomic E-state index is 11.5. The minimum Gasteiger partial charge on any atom is -1.00 e. The Balaban J connectivity index is 0.00000192. The van der Waals surface area contributed by atoms with Crippen LogP contribution in [0.5, 0.6) is 0 Å². The quantitative estimate of drug-likeness (QED) is 0.734. The Morgan fingerprint density at radius 2 is 1.64 bits per heavy atom. The highest BCUT2D eigenvalue weighted by molar-refractivity contribution is 5.51. The lowest BCUT2D eigenvalue weighted by atomic mass is 9.66. The second kappa shape index (κ2) is 6.86. The van der Waals surface area contributed by atoms with Crippen LogP contribution in [0.15, 0.2) is 42.5 Å². The van der Waals surface area contributed by atoms with Crippen LogP contribution in [0.1, 0.15) is 73.4 Å². The molecule has 3 atom stereocenters. The highest BCUT2D eigenvalue weighted by atomic mass is 35.5. The van der Waals surface area contributed by atoms with Crippen molar-refractivity contribution in [2.24, 2.45) is 5.41 Å². The molecule has 1 aliphatic carbocycles. The first kappa shape index (κ1) is 19.9. The molecule has 0 spiro atoms. The van der Waals surface area contributed by atoms with Crippen molar-refractivity contribution < 1.29 is 17.5 Å². The molecule has 0 aromatic heterocycles. The SMILES string of the molecule is CC(C)(C)[C@]1(O)CCN2C[C@H]3c4ccccc4CCc4cccc(c43)[C@@H]2C1.[Cl-]. The normalized spacial score (nSPS) is 29.0. The van der Waals surface area contributed by atoms with Crippen LogP contribution >= 0.6 is 0 Å². The maximum absolute atomic E-state index is 11.5. The van der Waals surface area contributed by atoms with Crippen molar-refractivity contribution in [3.8, 4) is 0 Å². The summed E-state index contributed by atoms with van der Waals surface area (Å²) < 4.78 is 0. The Bertz CT molecular complexity index is 886. The summed E-state index contributed by atoms with van der Waals surface area (Å²) in [5.74, 6) is 0.479. The lowest BCUT2D eigenvalue weighted by Gasteiger charge is -2.53. The van der Waals surface area contributed by atoms with E-state index in [2.05, 4.69) is 68.1 Å². The average Bonchev–Trinajstić information content (AvgIpc) is 2.80. The van der Waals surface area contributed by atoms with Crippen LogP contribution in [0.3, 0.4) is 0 Å². The lowest BCUT2D eigenvalue weighted by Crippen LogP contribution is -3.00. The Kier molecular flexibility index (Phi) is 4.89. The molecule has 3 aliphatic rings. The highest BCUT2D eigenvalue weighted by Gasteiger charge is 2.49. The third kappa shape index (κ3) is 2.93. The van der Waals surface area contributed by atoms with Crippen molar-refractivity contribution in [2.75, 3.05) is 13.1 Å². The number of aryl methyl sites for hydroxylation is 2. The molecule has 2 aromatic rings. The highest BCUT2D eigenvalue weighted by Crippen LogP contribution is 2.51. The van der Waals surface area contributed by atoms with E-state index in [1.54, 1.807) is 5.56 Å². The Hall–Kier alpha value is -1.35. The van der Waals surface area contributed by atoms with E-state index in [9.17, 15) is 5.11 Å². The molecule has 3 heteroatoms. The number of nitrogens with zero attached hydrogens (tertiary/aromatic N) is 1. The number of fused-ring (bicyclic) bond motifs is 4. The number of hydrogen-bond acceptors (Lipinski definition) is 2. The van der Waals surface area contributed by atoms with Gasteiger partial charge in [0.15, 0.2) is 0 Å². The average molecular weight is 397 g/mol. The molecule has 2 nitrogen and oxygen atoms in total. The molecular weight excluding hydrogens is 366 g/mol. The van der Waals surface area contributed by atoms with Gasteiger partial charge in [-0.1, -0.05) is 63.2 Å². The van der Waals surface area contributed by atoms with Crippen LogP contribution in [0.2, 0.25) is 0 Å². The third-order valence-corrected chi connectivity index (χ3v) is 7.63. The van der Waals surface area contributed by atoms with Crippen molar-refractivity contribution in [1.82, 2.24) is 4.90 Å². The number of benzene rings is 2. The maximum Gasteiger partial charge on any atom is 0.0726 e. The van der Waals surface area contributed by atoms with Crippen molar-refractivity contribution >= 4 is 0 Å². The molecule has 0 unspecified atom stereocenters. The molecule has 1 N–H and O–H groups in total. The van der Waals surface area contributed by atoms with Gasteiger partial charge in [0.2, 0.25) is 0 Å². The molecule has 0 saturated carbocycles. The fourth-order valence-corrected chi connectivity index (χ4v) is 5.76. The molecule has 2 heterocycles. The van der Waals surface area contributed by atoms with Gasteiger partial charge in [0.05, 0.1) is 5.60 Å². The van der Waals surface area contributed by atoms with E-state index < -0.39 is 5.60 Å². The Morgan fingerprint density at radius 1 is 0.964 bits per heavy atom. The first-order valence-electron chi connectivity index (χ1n) is 10.5. The summed E-state index contributed by atoms with van der Waals surface area (Å²) in [6.45, 7) is 8.65. The minimum atomic E-state index is -0.591. The largest absolute Gasteiger partial charge is 1.00 e. The van der Waals surface area contributed by atoms with Crippen LogP contribution in [0, 0.1) is 5.41 Å². The zero-order chi connectivity index (χ0) is 18.8. The van der Waals surface area contributed by atoms with Crippen LogP contribution in [-0.2, 0) is 12.8 Å². The second-order valence-corrected chi connectivity index (χ2v) is 9.92. The fourth-order valence-electron chi connectivity index (χ4n) is 5.76. The van der Waals surface area contributed by atoms with Gasteiger partial charge < -0.3 is 17.5 Å². The van der Waals surface area contributed by atoms with Crippen LogP contribution in [0.4, 0.5) is 0 Å². The van der Waals surface area contributed by atoms with Crippen molar-refractivity contribution in [3.63, 3.8) is 0 Å². The summed E-state index contributed by atoms with van der Waals surface area (Å²) in [6.07, 6.45) is 3.99. The fraction of sp³-hybridized carbons (Fsp3) is 0.520. The first-order valence-corrected chi connectivity index (χ1v) is 10.5. The van der Waals surface area contributed by atoms with E-state index in [1.165, 1.54) is 22.3 Å². The summed E-state index contributed by atoms with van der Waals surface area (Å²) in [6, 6.07) is 16.3. The summed E-state index contributed by atoms with van der Waals surface area (Å²) in [5, 5.41) is 11.5. The van der Waals surface area contributed by atoms with Gasteiger partial charge in [-0.2, -0.15) is 0 Å². The van der Waals surface area contributed by atoms with Crippen LogP contribution < -0.4 is 12.4 Å². The number of rotatable bonds is 0. The Morgan fingerprint density at radius 3 is 2.43 bits per heavy atom. The zero-order valence-electron chi connectivity index (χ0n) is 17.2. The minimum absolute atomic E-state index is 0. The second-order valence-electron chi connectivity index (χ2n) is 9.92. The Labute approximate surface area is 175 Å².